The van der Waals surface area contributed by atoms with E-state index in [1.54, 1.807) is 12.3 Å². The van der Waals surface area contributed by atoms with Crippen LogP contribution in [0, 0.1) is 0 Å². The summed E-state index contributed by atoms with van der Waals surface area (Å²) in [5.41, 5.74) is 1.74. The van der Waals surface area contributed by atoms with Gasteiger partial charge in [-0.3, -0.25) is 0 Å². The fraction of sp³-hybridized carbons (Fsp3) is 0.133. The van der Waals surface area contributed by atoms with Crippen molar-refractivity contribution < 1.29 is 9.53 Å². The molecule has 0 saturated heterocycles. The Morgan fingerprint density at radius 3 is 2.82 bits per heavy atom. The van der Waals surface area contributed by atoms with Crippen molar-refractivity contribution in [1.29, 1.82) is 0 Å². The second-order valence-corrected chi connectivity index (χ2v) is 5.60. The maximum atomic E-state index is 12.4. The fourth-order valence-corrected chi connectivity index (χ4v) is 2.92. The van der Waals surface area contributed by atoms with Crippen molar-refractivity contribution in [2.24, 2.45) is 0 Å². The molecule has 0 fully saturated rings. The first kappa shape index (κ1) is 14.9. The maximum absolute atomic E-state index is 12.4. The lowest BCUT2D eigenvalue weighted by molar-refractivity contribution is 0.0467. The summed E-state index contributed by atoms with van der Waals surface area (Å²) in [6, 6.07) is 11.2. The van der Waals surface area contributed by atoms with Gasteiger partial charge in [-0.25, -0.2) is 14.3 Å². The molecule has 0 saturated carbocycles. The third-order valence-electron chi connectivity index (χ3n) is 3.06. The summed E-state index contributed by atoms with van der Waals surface area (Å²) in [6.07, 6.45) is 3.41. The maximum Gasteiger partial charge on any atom is 0.344 e. The third-order valence-corrected chi connectivity index (χ3v) is 4.09. The lowest BCUT2D eigenvalue weighted by Crippen LogP contribution is -2.11. The van der Waals surface area contributed by atoms with E-state index in [2.05, 4.69) is 10.1 Å². The van der Waals surface area contributed by atoms with Crippen molar-refractivity contribution in [1.82, 2.24) is 14.6 Å². The minimum Gasteiger partial charge on any atom is -0.457 e. The Morgan fingerprint density at radius 2 is 2.09 bits per heavy atom. The molecule has 0 aliphatic carbocycles. The number of hydrogen-bond donors (Lipinski definition) is 0. The van der Waals surface area contributed by atoms with Gasteiger partial charge in [-0.05, 0) is 11.8 Å². The number of nitrogens with zero attached hydrogens (tertiary/aromatic N) is 3. The summed E-state index contributed by atoms with van der Waals surface area (Å²) >= 11 is 7.63. The molecule has 22 heavy (non-hydrogen) atoms. The van der Waals surface area contributed by atoms with Crippen LogP contribution < -0.4 is 0 Å². The fourth-order valence-electron chi connectivity index (χ4n) is 2.00. The molecule has 0 amide bonds. The van der Waals surface area contributed by atoms with Crippen molar-refractivity contribution >= 4 is 35.0 Å². The second-order valence-electron chi connectivity index (χ2n) is 4.45. The lowest BCUT2D eigenvalue weighted by atomic mass is 10.2. The van der Waals surface area contributed by atoms with E-state index in [1.807, 2.05) is 36.6 Å². The van der Waals surface area contributed by atoms with Crippen molar-refractivity contribution in [2.75, 3.05) is 6.26 Å². The molecule has 2 heterocycles. The SMILES string of the molecule is CSc1nc2ccnn2c(Cl)c1C(=O)OCc1ccccc1. The van der Waals surface area contributed by atoms with Gasteiger partial charge in [-0.2, -0.15) is 5.10 Å². The Hall–Kier alpha value is -2.05. The number of benzene rings is 1. The number of fused-ring (bicyclic) bond motifs is 1. The Bertz CT molecular complexity index is 820. The van der Waals surface area contributed by atoms with Gasteiger partial charge in [0, 0.05) is 6.07 Å². The van der Waals surface area contributed by atoms with Crippen LogP contribution in [0.4, 0.5) is 0 Å². The second kappa shape index (κ2) is 6.37. The van der Waals surface area contributed by atoms with E-state index >= 15 is 0 Å². The highest BCUT2D eigenvalue weighted by atomic mass is 35.5. The molecular formula is C15H12ClN3O2S. The van der Waals surface area contributed by atoms with E-state index in [0.717, 1.165) is 5.56 Å². The molecule has 112 valence electrons. The standard InChI is InChI=1S/C15H12ClN3O2S/c1-22-14-12(13(16)19-11(18-14)7-8-17-19)15(20)21-9-10-5-3-2-4-6-10/h2-8H,9H2,1H3. The highest BCUT2D eigenvalue weighted by Gasteiger charge is 2.22. The Morgan fingerprint density at radius 1 is 1.32 bits per heavy atom. The Labute approximate surface area is 136 Å². The zero-order valence-corrected chi connectivity index (χ0v) is 13.3. The minimum atomic E-state index is -0.511. The number of hydrogen-bond acceptors (Lipinski definition) is 5. The molecule has 3 rings (SSSR count). The first-order chi connectivity index (χ1) is 10.7. The van der Waals surface area contributed by atoms with Crippen LogP contribution in [0.15, 0.2) is 47.6 Å². The molecule has 0 aliphatic heterocycles. The largest absolute Gasteiger partial charge is 0.457 e. The van der Waals surface area contributed by atoms with Crippen molar-refractivity contribution in [3.8, 4) is 0 Å². The molecule has 1 aromatic carbocycles. The highest BCUT2D eigenvalue weighted by Crippen LogP contribution is 2.27. The third kappa shape index (κ3) is 2.80. The summed E-state index contributed by atoms with van der Waals surface area (Å²) in [5.74, 6) is -0.511. The van der Waals surface area contributed by atoms with Crippen LogP contribution in [-0.4, -0.2) is 26.8 Å². The predicted octanol–water partition coefficient (Wildman–Crippen LogP) is 3.46. The van der Waals surface area contributed by atoms with Gasteiger partial charge >= 0.3 is 5.97 Å². The lowest BCUT2D eigenvalue weighted by Gasteiger charge is -2.10. The quantitative estimate of drug-likeness (QED) is 0.416. The number of esters is 1. The highest BCUT2D eigenvalue weighted by molar-refractivity contribution is 7.98. The molecule has 2 aromatic heterocycles. The number of aromatic nitrogens is 3. The Kier molecular flexibility index (Phi) is 4.31. The molecule has 7 heteroatoms. The molecule has 5 nitrogen and oxygen atoms in total. The predicted molar refractivity (Wildman–Crippen MR) is 85.3 cm³/mol. The monoisotopic (exact) mass is 333 g/mol. The minimum absolute atomic E-state index is 0.182. The van der Waals surface area contributed by atoms with Crippen molar-refractivity contribution in [2.45, 2.75) is 11.6 Å². The van der Waals surface area contributed by atoms with E-state index in [4.69, 9.17) is 16.3 Å². The first-order valence-electron chi connectivity index (χ1n) is 6.49. The van der Waals surface area contributed by atoms with Gasteiger partial charge in [0.05, 0.1) is 6.20 Å². The number of thioether (sulfide) groups is 1. The van der Waals surface area contributed by atoms with Gasteiger partial charge in [-0.15, -0.1) is 11.8 Å². The van der Waals surface area contributed by atoms with Gasteiger partial charge in [0.25, 0.3) is 0 Å². The van der Waals surface area contributed by atoms with Crippen LogP contribution in [0.5, 0.6) is 0 Å². The van der Waals surface area contributed by atoms with Crippen LogP contribution in [0.2, 0.25) is 5.15 Å². The van der Waals surface area contributed by atoms with E-state index in [1.165, 1.54) is 16.3 Å². The smallest absolute Gasteiger partial charge is 0.344 e. The van der Waals surface area contributed by atoms with Crippen LogP contribution in [0.1, 0.15) is 15.9 Å². The molecule has 0 spiro atoms. The zero-order valence-electron chi connectivity index (χ0n) is 11.7. The van der Waals surface area contributed by atoms with Crippen LogP contribution >= 0.6 is 23.4 Å². The summed E-state index contributed by atoms with van der Waals surface area (Å²) in [6.45, 7) is 0.182. The van der Waals surface area contributed by atoms with Crippen LogP contribution in [0.3, 0.4) is 0 Å². The Balaban J connectivity index is 1.91. The molecule has 0 atom stereocenters. The van der Waals surface area contributed by atoms with Gasteiger partial charge < -0.3 is 4.74 Å². The topological polar surface area (TPSA) is 56.5 Å². The first-order valence-corrected chi connectivity index (χ1v) is 8.09. The van der Waals surface area contributed by atoms with E-state index in [-0.39, 0.29) is 17.3 Å². The normalized spacial score (nSPS) is 10.8. The molecule has 0 aliphatic rings. The molecule has 0 unspecified atom stereocenters. The molecular weight excluding hydrogens is 322 g/mol. The number of carbonyl (C=O) groups is 1. The molecule has 3 aromatic rings. The van der Waals surface area contributed by atoms with Gasteiger partial charge in [0.15, 0.2) is 5.65 Å². The van der Waals surface area contributed by atoms with Crippen molar-refractivity contribution in [3.63, 3.8) is 0 Å². The van der Waals surface area contributed by atoms with E-state index in [9.17, 15) is 4.79 Å². The van der Waals surface area contributed by atoms with Crippen molar-refractivity contribution in [3.05, 3.63) is 58.9 Å². The molecule has 0 bridgehead atoms. The number of ether oxygens (including phenoxy) is 1. The molecule has 0 N–H and O–H groups in total. The average molecular weight is 334 g/mol. The number of carbonyl (C=O) groups excluding carboxylic acids is 1. The van der Waals surface area contributed by atoms with Gasteiger partial charge in [-0.1, -0.05) is 41.9 Å². The summed E-state index contributed by atoms with van der Waals surface area (Å²) in [7, 11) is 0. The summed E-state index contributed by atoms with van der Waals surface area (Å²) < 4.78 is 6.76. The number of rotatable bonds is 4. The van der Waals surface area contributed by atoms with E-state index in [0.29, 0.717) is 10.7 Å². The molecule has 0 radical (unpaired) electrons. The summed E-state index contributed by atoms with van der Waals surface area (Å²) in [5, 5.41) is 4.79. The van der Waals surface area contributed by atoms with Gasteiger partial charge in [0.1, 0.15) is 22.3 Å². The average Bonchev–Trinajstić information content (AvgIpc) is 3.02. The zero-order chi connectivity index (χ0) is 15.5. The van der Waals surface area contributed by atoms with Gasteiger partial charge in [0.2, 0.25) is 0 Å². The number of halogens is 1. The van der Waals surface area contributed by atoms with E-state index < -0.39 is 5.97 Å². The van der Waals surface area contributed by atoms with Crippen LogP contribution in [-0.2, 0) is 11.3 Å². The van der Waals surface area contributed by atoms with Crippen LogP contribution in [0.25, 0.3) is 5.65 Å². The summed E-state index contributed by atoms with van der Waals surface area (Å²) in [4.78, 5) is 16.8.